The van der Waals surface area contributed by atoms with Gasteiger partial charge in [0.1, 0.15) is 18.4 Å². The first-order valence-electron chi connectivity index (χ1n) is 12.9. The highest BCUT2D eigenvalue weighted by atomic mass is 16.2. The van der Waals surface area contributed by atoms with Gasteiger partial charge in [-0.05, 0) is 57.4 Å². The Bertz CT molecular complexity index is 796. The number of carbonyl (C=O) groups excluding carboxylic acids is 4. The predicted molar refractivity (Wildman–Crippen MR) is 147 cm³/mol. The summed E-state index contributed by atoms with van der Waals surface area (Å²) < 4.78 is 0. The lowest BCUT2D eigenvalue weighted by Crippen LogP contribution is -2.58. The lowest BCUT2D eigenvalue weighted by molar-refractivity contribution is -0.134. The van der Waals surface area contributed by atoms with E-state index in [9.17, 15) is 19.2 Å². The molecule has 0 aliphatic carbocycles. The monoisotopic (exact) mass is 541 g/mol. The molecular weight excluding hydrogens is 494 g/mol. The molecule has 15 nitrogen and oxygen atoms in total. The summed E-state index contributed by atoms with van der Waals surface area (Å²) in [5, 5.41) is 8.02. The van der Waals surface area contributed by atoms with Crippen LogP contribution in [-0.2, 0) is 19.2 Å². The summed E-state index contributed by atoms with van der Waals surface area (Å²) in [6.07, 6.45) is 3.82. The molecule has 0 unspecified atom stereocenters. The maximum atomic E-state index is 13.2. The fraction of sp³-hybridized carbons (Fsp3) is 0.739. The van der Waals surface area contributed by atoms with Crippen LogP contribution >= 0.6 is 0 Å². The van der Waals surface area contributed by atoms with Gasteiger partial charge in [0.15, 0.2) is 11.9 Å². The van der Waals surface area contributed by atoms with Crippen LogP contribution in [0.25, 0.3) is 0 Å². The van der Waals surface area contributed by atoms with E-state index in [0.717, 1.165) is 0 Å². The summed E-state index contributed by atoms with van der Waals surface area (Å²) >= 11 is 0. The second-order valence-corrected chi connectivity index (χ2v) is 9.33. The van der Waals surface area contributed by atoms with E-state index in [1.54, 1.807) is 13.8 Å². The molecule has 0 fully saturated rings. The van der Waals surface area contributed by atoms with Gasteiger partial charge < -0.3 is 55.1 Å². The minimum atomic E-state index is -0.986. The summed E-state index contributed by atoms with van der Waals surface area (Å²) in [4.78, 5) is 58.0. The highest BCUT2D eigenvalue weighted by Crippen LogP contribution is 2.07. The zero-order valence-corrected chi connectivity index (χ0v) is 22.5. The molecule has 0 saturated heterocycles. The van der Waals surface area contributed by atoms with Gasteiger partial charge in [-0.2, -0.15) is 0 Å². The van der Waals surface area contributed by atoms with Crippen molar-refractivity contribution in [2.75, 3.05) is 19.6 Å². The standard InChI is InChI=1S/C23H47N11O4/c1-14(2)18(34-19(36)16(25)8-5-11-30-22(26)27)21(38)33-17(9-6-12-31-23(28)29)20(37)32-15(13-35)7-3-4-10-24/h13-18H,3-12,24-25H2,1-2H3,(H,32,37)(H,33,38)(H,34,36)(H4,26,27,30)(H4,28,29,31)/t15-,16-,17-,18-/m0/s1. The molecule has 218 valence electrons. The molecule has 0 heterocycles. The molecule has 15 heteroatoms. The van der Waals surface area contributed by atoms with Crippen molar-refractivity contribution in [2.45, 2.75) is 83.0 Å². The van der Waals surface area contributed by atoms with Gasteiger partial charge in [0, 0.05) is 13.1 Å². The van der Waals surface area contributed by atoms with Crippen molar-refractivity contribution in [1.29, 1.82) is 0 Å². The van der Waals surface area contributed by atoms with E-state index in [0.29, 0.717) is 57.9 Å². The molecule has 4 atom stereocenters. The maximum Gasteiger partial charge on any atom is 0.243 e. The smallest absolute Gasteiger partial charge is 0.243 e. The first-order chi connectivity index (χ1) is 17.9. The number of unbranched alkanes of at least 4 members (excludes halogenated alkanes) is 1. The van der Waals surface area contributed by atoms with E-state index in [1.807, 2.05) is 0 Å². The van der Waals surface area contributed by atoms with E-state index >= 15 is 0 Å². The zero-order valence-electron chi connectivity index (χ0n) is 22.5. The van der Waals surface area contributed by atoms with E-state index in [-0.39, 0.29) is 30.8 Å². The molecule has 15 N–H and O–H groups in total. The van der Waals surface area contributed by atoms with Crippen molar-refractivity contribution >= 4 is 35.9 Å². The van der Waals surface area contributed by atoms with Crippen LogP contribution in [0.4, 0.5) is 0 Å². The Hall–Kier alpha value is -3.46. The third-order valence-corrected chi connectivity index (χ3v) is 5.59. The SMILES string of the molecule is CC(C)[C@H](NC(=O)[C@@H](N)CCCN=C(N)N)C(=O)N[C@@H](CCCN=C(N)N)C(=O)N[C@H](C=O)CCCCN. The number of hydrogen-bond donors (Lipinski definition) is 9. The van der Waals surface area contributed by atoms with Crippen LogP contribution in [0.3, 0.4) is 0 Å². The Morgan fingerprint density at radius 2 is 1.34 bits per heavy atom. The summed E-state index contributed by atoms with van der Waals surface area (Å²) in [7, 11) is 0. The second-order valence-electron chi connectivity index (χ2n) is 9.33. The van der Waals surface area contributed by atoms with E-state index in [4.69, 9.17) is 34.4 Å². The van der Waals surface area contributed by atoms with Gasteiger partial charge in [-0.25, -0.2) is 0 Å². The normalized spacial score (nSPS) is 13.9. The van der Waals surface area contributed by atoms with Crippen LogP contribution in [-0.4, -0.2) is 79.7 Å². The number of hydrogen-bond acceptors (Lipinski definition) is 8. The van der Waals surface area contributed by atoms with Gasteiger partial charge in [-0.3, -0.25) is 24.4 Å². The fourth-order valence-corrected chi connectivity index (χ4v) is 3.45. The Labute approximate surface area is 224 Å². The molecule has 0 bridgehead atoms. The summed E-state index contributed by atoms with van der Waals surface area (Å²) in [6.45, 7) is 4.55. The summed E-state index contributed by atoms with van der Waals surface area (Å²) in [6, 6.07) is -3.53. The second kappa shape index (κ2) is 19.6. The van der Waals surface area contributed by atoms with Gasteiger partial charge in [0.05, 0.1) is 12.1 Å². The number of carbonyl (C=O) groups is 4. The summed E-state index contributed by atoms with van der Waals surface area (Å²) in [5.41, 5.74) is 32.7. The van der Waals surface area contributed by atoms with Crippen LogP contribution in [0.5, 0.6) is 0 Å². The van der Waals surface area contributed by atoms with E-state index in [1.165, 1.54) is 0 Å². The molecule has 38 heavy (non-hydrogen) atoms. The van der Waals surface area contributed by atoms with Crippen LogP contribution in [0.15, 0.2) is 9.98 Å². The van der Waals surface area contributed by atoms with Crippen molar-refractivity contribution in [1.82, 2.24) is 16.0 Å². The Morgan fingerprint density at radius 3 is 1.84 bits per heavy atom. The molecule has 3 amide bonds. The first kappa shape index (κ1) is 34.5. The number of aldehydes is 1. The Kier molecular flexibility index (Phi) is 17.8. The highest BCUT2D eigenvalue weighted by molar-refractivity contribution is 5.93. The van der Waals surface area contributed by atoms with Crippen LogP contribution in [0.1, 0.15) is 58.8 Å². The lowest BCUT2D eigenvalue weighted by atomic mass is 10.0. The molecule has 0 aromatic rings. The highest BCUT2D eigenvalue weighted by Gasteiger charge is 2.30. The van der Waals surface area contributed by atoms with Gasteiger partial charge in [0.25, 0.3) is 0 Å². The first-order valence-corrected chi connectivity index (χ1v) is 12.9. The molecule has 0 radical (unpaired) electrons. The van der Waals surface area contributed by atoms with Crippen LogP contribution in [0.2, 0.25) is 0 Å². The molecule has 0 saturated carbocycles. The predicted octanol–water partition coefficient (Wildman–Crippen LogP) is -3.14. The maximum absolute atomic E-state index is 13.2. The average Bonchev–Trinajstić information content (AvgIpc) is 2.85. The lowest BCUT2D eigenvalue weighted by Gasteiger charge is -2.27. The van der Waals surface area contributed by atoms with Crippen LogP contribution < -0.4 is 50.4 Å². The van der Waals surface area contributed by atoms with Crippen molar-refractivity contribution in [3.05, 3.63) is 0 Å². The quantitative estimate of drug-likeness (QED) is 0.0323. The van der Waals surface area contributed by atoms with Gasteiger partial charge in [0.2, 0.25) is 17.7 Å². The average molecular weight is 542 g/mol. The molecular formula is C23H47N11O4. The Morgan fingerprint density at radius 1 is 0.763 bits per heavy atom. The van der Waals surface area contributed by atoms with Gasteiger partial charge >= 0.3 is 0 Å². The topological polar surface area (TPSA) is 285 Å². The molecule has 0 aliphatic rings. The number of rotatable bonds is 20. The van der Waals surface area contributed by atoms with E-state index in [2.05, 4.69) is 25.9 Å². The minimum Gasteiger partial charge on any atom is -0.370 e. The minimum absolute atomic E-state index is 0.0496. The number of guanidine groups is 2. The fourth-order valence-electron chi connectivity index (χ4n) is 3.45. The number of nitrogens with zero attached hydrogens (tertiary/aromatic N) is 2. The van der Waals surface area contributed by atoms with Crippen molar-refractivity contribution in [2.24, 2.45) is 50.3 Å². The van der Waals surface area contributed by atoms with Gasteiger partial charge in [-0.1, -0.05) is 13.8 Å². The van der Waals surface area contributed by atoms with E-state index < -0.39 is 41.9 Å². The molecule has 0 aliphatic heterocycles. The third-order valence-electron chi connectivity index (χ3n) is 5.59. The molecule has 0 rings (SSSR count). The van der Waals surface area contributed by atoms with Crippen molar-refractivity contribution < 1.29 is 19.2 Å². The number of nitrogens with one attached hydrogen (secondary N) is 3. The zero-order chi connectivity index (χ0) is 29.1. The third kappa shape index (κ3) is 15.6. The number of nitrogens with two attached hydrogens (primary N) is 6. The Balaban J connectivity index is 5.35. The van der Waals surface area contributed by atoms with Crippen molar-refractivity contribution in [3.63, 3.8) is 0 Å². The van der Waals surface area contributed by atoms with Crippen molar-refractivity contribution in [3.8, 4) is 0 Å². The molecule has 0 aromatic carbocycles. The van der Waals surface area contributed by atoms with Gasteiger partial charge in [-0.15, -0.1) is 0 Å². The number of aliphatic imine (C=N–C) groups is 2. The molecule has 0 aromatic heterocycles. The van der Waals surface area contributed by atoms with Crippen LogP contribution in [0, 0.1) is 5.92 Å². The largest absolute Gasteiger partial charge is 0.370 e. The number of amides is 3. The summed E-state index contributed by atoms with van der Waals surface area (Å²) in [5.74, 6) is -2.05. The molecule has 0 spiro atoms.